The summed E-state index contributed by atoms with van der Waals surface area (Å²) in [7, 11) is 2.21. The summed E-state index contributed by atoms with van der Waals surface area (Å²) in [5.74, 6) is -2.09. The molecule has 0 radical (unpaired) electrons. The number of alkyl halides is 3. The van der Waals surface area contributed by atoms with Gasteiger partial charge < -0.3 is 19.8 Å². The first-order valence-corrected chi connectivity index (χ1v) is 18.6. The molecule has 2 aromatic carbocycles. The first-order chi connectivity index (χ1) is 24.9. The highest BCUT2D eigenvalue weighted by Gasteiger charge is 2.42. The van der Waals surface area contributed by atoms with Gasteiger partial charge in [-0.25, -0.2) is 9.48 Å². The SMILES string of the molecule is CN1C2CCC1CC(N1CCN(C(=O)[C@H](CC(=O)N3CCC(n4nc(-c5ccccc5)[nH]c4=O)CC3)Cc3cc(Cl)c(O)c(C(F)(F)F)c3)CC1)C2. The number of H-pyrrole nitrogens is 1. The van der Waals surface area contributed by atoms with Gasteiger partial charge in [0.15, 0.2) is 5.82 Å². The van der Waals surface area contributed by atoms with Crippen molar-refractivity contribution in [1.29, 1.82) is 0 Å². The number of hydrogen-bond donors (Lipinski definition) is 2. The quantitative estimate of drug-likeness (QED) is 0.341. The predicted molar refractivity (Wildman–Crippen MR) is 189 cm³/mol. The molecule has 4 saturated heterocycles. The van der Waals surface area contributed by atoms with E-state index in [2.05, 4.69) is 26.9 Å². The Kier molecular flexibility index (Phi) is 10.4. The number of likely N-dealkylation sites (tertiary alicyclic amines) is 1. The Morgan fingerprint density at radius 1 is 0.923 bits per heavy atom. The number of phenolic OH excluding ortho intramolecular Hbond substituents is 1. The van der Waals surface area contributed by atoms with Crippen LogP contribution >= 0.6 is 11.6 Å². The highest BCUT2D eigenvalue weighted by molar-refractivity contribution is 6.32. The molecule has 2 unspecified atom stereocenters. The Balaban J connectivity index is 1.03. The summed E-state index contributed by atoms with van der Waals surface area (Å²) < 4.78 is 42.8. The molecule has 4 aliphatic rings. The lowest BCUT2D eigenvalue weighted by Gasteiger charge is -2.45. The summed E-state index contributed by atoms with van der Waals surface area (Å²) in [6.07, 6.45) is 0.428. The summed E-state index contributed by atoms with van der Waals surface area (Å²) in [4.78, 5) is 51.9. The minimum atomic E-state index is -4.86. The molecule has 52 heavy (non-hydrogen) atoms. The molecule has 7 rings (SSSR count). The molecular formula is C37H45ClF3N7O4. The maximum absolute atomic E-state index is 14.2. The number of carbonyl (C=O) groups excluding carboxylic acids is 2. The highest BCUT2D eigenvalue weighted by atomic mass is 35.5. The second kappa shape index (κ2) is 14.9. The molecular weight excluding hydrogens is 699 g/mol. The van der Waals surface area contributed by atoms with Crippen molar-refractivity contribution in [3.63, 3.8) is 0 Å². The lowest BCUT2D eigenvalue weighted by atomic mass is 9.91. The Hall–Kier alpha value is -3.88. The molecule has 4 fully saturated rings. The molecule has 280 valence electrons. The van der Waals surface area contributed by atoms with E-state index in [1.165, 1.54) is 23.6 Å². The van der Waals surface area contributed by atoms with Crippen LogP contribution < -0.4 is 5.69 Å². The normalized spacial score (nSPS) is 24.0. The zero-order chi connectivity index (χ0) is 36.7. The van der Waals surface area contributed by atoms with Gasteiger partial charge in [-0.05, 0) is 69.7 Å². The maximum Gasteiger partial charge on any atom is 0.420 e. The van der Waals surface area contributed by atoms with Gasteiger partial charge >= 0.3 is 11.9 Å². The Bertz CT molecular complexity index is 1810. The number of benzene rings is 2. The van der Waals surface area contributed by atoms with Gasteiger partial charge in [0.2, 0.25) is 11.8 Å². The highest BCUT2D eigenvalue weighted by Crippen LogP contribution is 2.41. The van der Waals surface area contributed by atoms with Crippen molar-refractivity contribution in [2.75, 3.05) is 46.3 Å². The van der Waals surface area contributed by atoms with Gasteiger partial charge in [-0.2, -0.15) is 13.2 Å². The van der Waals surface area contributed by atoms with Gasteiger partial charge in [-0.15, -0.1) is 5.10 Å². The predicted octanol–water partition coefficient (Wildman–Crippen LogP) is 4.80. The largest absolute Gasteiger partial charge is 0.506 e. The van der Waals surface area contributed by atoms with E-state index >= 15 is 0 Å². The van der Waals surface area contributed by atoms with Gasteiger partial charge in [-0.3, -0.25) is 19.5 Å². The van der Waals surface area contributed by atoms with E-state index in [0.29, 0.717) is 76.1 Å². The van der Waals surface area contributed by atoms with Gasteiger partial charge in [0, 0.05) is 69.4 Å². The third-order valence-corrected chi connectivity index (χ3v) is 12.0. The Labute approximate surface area is 305 Å². The molecule has 0 aliphatic carbocycles. The smallest absolute Gasteiger partial charge is 0.420 e. The van der Waals surface area contributed by atoms with Gasteiger partial charge in [-0.1, -0.05) is 41.9 Å². The van der Waals surface area contributed by atoms with Crippen LogP contribution in [0, 0.1) is 5.92 Å². The molecule has 1 aromatic heterocycles. The number of aromatic amines is 1. The van der Waals surface area contributed by atoms with Crippen molar-refractivity contribution in [3.8, 4) is 17.1 Å². The van der Waals surface area contributed by atoms with E-state index in [9.17, 15) is 32.7 Å². The third-order valence-electron chi connectivity index (χ3n) is 11.7. The second-order valence-corrected chi connectivity index (χ2v) is 15.2. The van der Waals surface area contributed by atoms with E-state index < -0.39 is 28.4 Å². The van der Waals surface area contributed by atoms with Crippen molar-refractivity contribution >= 4 is 23.4 Å². The number of amides is 2. The average Bonchev–Trinajstić information content (AvgIpc) is 3.60. The van der Waals surface area contributed by atoms with Gasteiger partial charge in [0.1, 0.15) is 5.75 Å². The number of nitrogens with zero attached hydrogens (tertiary/aromatic N) is 6. The molecule has 2 bridgehead atoms. The van der Waals surface area contributed by atoms with Crippen molar-refractivity contribution in [1.82, 2.24) is 34.4 Å². The van der Waals surface area contributed by atoms with Crippen molar-refractivity contribution in [2.24, 2.45) is 5.92 Å². The number of piperazine rings is 1. The van der Waals surface area contributed by atoms with E-state index in [1.807, 2.05) is 30.3 Å². The second-order valence-electron chi connectivity index (χ2n) is 14.8. The molecule has 5 heterocycles. The number of halogens is 4. The minimum absolute atomic E-state index is 0.118. The van der Waals surface area contributed by atoms with E-state index in [1.54, 1.807) is 9.80 Å². The Morgan fingerprint density at radius 2 is 1.58 bits per heavy atom. The van der Waals surface area contributed by atoms with Crippen LogP contribution in [-0.4, -0.2) is 116 Å². The van der Waals surface area contributed by atoms with Crippen LogP contribution in [0.3, 0.4) is 0 Å². The molecule has 11 nitrogen and oxygen atoms in total. The number of carbonyl (C=O) groups is 2. The van der Waals surface area contributed by atoms with E-state index in [4.69, 9.17) is 11.6 Å². The summed E-state index contributed by atoms with van der Waals surface area (Å²) in [6, 6.07) is 12.8. The van der Waals surface area contributed by atoms with Crippen LogP contribution in [0.25, 0.3) is 11.4 Å². The maximum atomic E-state index is 14.2. The topological polar surface area (TPSA) is 118 Å². The molecule has 3 atom stereocenters. The van der Waals surface area contributed by atoms with E-state index in [-0.39, 0.29) is 42.0 Å². The standard InChI is InChI=1S/C37H45ClF3N7O4/c1-44-27-7-8-28(44)22-29(21-27)45-13-15-47(16-14-45)35(51)25(17-23-18-30(37(39,40)41)33(50)31(38)19-23)20-32(49)46-11-9-26(10-12-46)48-36(52)42-34(43-48)24-5-3-2-4-6-24/h2-6,18-19,25-29,50H,7-17,20-22H2,1H3,(H,42,43,52)/t25-,27?,28?,29?/m0/s1. The first-order valence-electron chi connectivity index (χ1n) is 18.2. The lowest BCUT2D eigenvalue weighted by Crippen LogP contribution is -2.56. The summed E-state index contributed by atoms with van der Waals surface area (Å²) in [5.41, 5.74) is -0.704. The molecule has 0 saturated carbocycles. The molecule has 2 amide bonds. The minimum Gasteiger partial charge on any atom is -0.506 e. The zero-order valence-corrected chi connectivity index (χ0v) is 30.0. The van der Waals surface area contributed by atoms with Crippen LogP contribution in [-0.2, 0) is 22.2 Å². The number of aromatic hydroxyl groups is 1. The van der Waals surface area contributed by atoms with Crippen molar-refractivity contribution < 1.29 is 27.9 Å². The number of fused-ring (bicyclic) bond motifs is 2. The third kappa shape index (κ3) is 7.60. The fourth-order valence-corrected chi connectivity index (χ4v) is 9.02. The summed E-state index contributed by atoms with van der Waals surface area (Å²) in [5, 5.41) is 14.1. The number of aromatic nitrogens is 3. The fourth-order valence-electron chi connectivity index (χ4n) is 8.78. The number of rotatable bonds is 8. The number of piperidine rings is 2. The van der Waals surface area contributed by atoms with Crippen LogP contribution in [0.1, 0.15) is 62.1 Å². The number of nitrogens with one attached hydrogen (secondary N) is 1. The van der Waals surface area contributed by atoms with Crippen LogP contribution in [0.15, 0.2) is 47.3 Å². The monoisotopic (exact) mass is 743 g/mol. The number of hydrogen-bond acceptors (Lipinski definition) is 7. The fraction of sp³-hybridized carbons (Fsp3) is 0.568. The van der Waals surface area contributed by atoms with Crippen molar-refractivity contribution in [3.05, 3.63) is 69.1 Å². The molecule has 4 aliphatic heterocycles. The van der Waals surface area contributed by atoms with Crippen molar-refractivity contribution in [2.45, 2.75) is 81.7 Å². The van der Waals surface area contributed by atoms with Gasteiger partial charge in [0.25, 0.3) is 0 Å². The summed E-state index contributed by atoms with van der Waals surface area (Å²) in [6.45, 7) is 3.04. The first kappa shape index (κ1) is 36.5. The Morgan fingerprint density at radius 3 is 2.21 bits per heavy atom. The lowest BCUT2D eigenvalue weighted by molar-refractivity contribution is -0.143. The van der Waals surface area contributed by atoms with Crippen LogP contribution in [0.5, 0.6) is 5.75 Å². The number of phenols is 1. The average molecular weight is 744 g/mol. The van der Waals surface area contributed by atoms with Crippen LogP contribution in [0.4, 0.5) is 13.2 Å². The van der Waals surface area contributed by atoms with Gasteiger partial charge in [0.05, 0.1) is 22.5 Å². The molecule has 3 aromatic rings. The van der Waals surface area contributed by atoms with Crippen LogP contribution in [0.2, 0.25) is 5.02 Å². The molecule has 0 spiro atoms. The zero-order valence-electron chi connectivity index (χ0n) is 29.2. The molecule has 15 heteroatoms. The van der Waals surface area contributed by atoms with E-state index in [0.717, 1.165) is 24.5 Å². The molecule has 2 N–H and O–H groups in total. The summed E-state index contributed by atoms with van der Waals surface area (Å²) >= 11 is 6.04.